The number of hydrogen-bond donors (Lipinski definition) is 3. The molecule has 4 rings (SSSR count). The van der Waals surface area contributed by atoms with E-state index in [2.05, 4.69) is 29.3 Å². The van der Waals surface area contributed by atoms with Crippen LogP contribution in [0.15, 0.2) is 61.2 Å². The van der Waals surface area contributed by atoms with Gasteiger partial charge >= 0.3 is 12.1 Å². The van der Waals surface area contributed by atoms with Gasteiger partial charge in [0, 0.05) is 5.92 Å². The fraction of sp³-hybridized carbons (Fsp3) is 0.346. The number of alkyl carbamates (subject to hydrolysis) is 1. The summed E-state index contributed by atoms with van der Waals surface area (Å²) in [5.74, 6) is -1.79. The number of carboxylic acid groups (broad SMARTS) is 1. The molecule has 2 atom stereocenters. The Kier molecular flexibility index (Phi) is 6.77. The molecule has 0 bridgehead atoms. The quantitative estimate of drug-likeness (QED) is 0.506. The second kappa shape index (κ2) is 9.90. The maximum Gasteiger partial charge on any atom is 0.407 e. The van der Waals surface area contributed by atoms with Crippen molar-refractivity contribution in [3.63, 3.8) is 0 Å². The minimum Gasteiger partial charge on any atom is -0.480 e. The van der Waals surface area contributed by atoms with E-state index in [-0.39, 0.29) is 24.9 Å². The van der Waals surface area contributed by atoms with Crippen molar-refractivity contribution in [2.45, 2.75) is 43.7 Å². The maximum atomic E-state index is 12.7. The minimum absolute atomic E-state index is 0.0784. The fourth-order valence-corrected chi connectivity index (χ4v) is 4.59. The van der Waals surface area contributed by atoms with Crippen molar-refractivity contribution >= 4 is 18.0 Å². The Morgan fingerprint density at radius 2 is 1.64 bits per heavy atom. The molecule has 0 saturated heterocycles. The Bertz CT molecular complexity index is 1020. The summed E-state index contributed by atoms with van der Waals surface area (Å²) in [7, 11) is 0. The van der Waals surface area contributed by atoms with E-state index in [1.807, 2.05) is 36.4 Å². The highest BCUT2D eigenvalue weighted by Gasteiger charge is 2.35. The van der Waals surface area contributed by atoms with Gasteiger partial charge in [-0.05, 0) is 47.4 Å². The Morgan fingerprint density at radius 3 is 2.15 bits per heavy atom. The highest BCUT2D eigenvalue weighted by Crippen LogP contribution is 2.44. The summed E-state index contributed by atoms with van der Waals surface area (Å²) in [6, 6.07) is 14.1. The molecule has 0 spiro atoms. The first-order valence-electron chi connectivity index (χ1n) is 11.2. The first-order valence-corrected chi connectivity index (χ1v) is 11.2. The van der Waals surface area contributed by atoms with Crippen molar-refractivity contribution in [3.8, 4) is 11.1 Å². The van der Waals surface area contributed by atoms with Crippen molar-refractivity contribution in [1.82, 2.24) is 10.6 Å². The number of amides is 2. The molecule has 7 nitrogen and oxygen atoms in total. The number of benzene rings is 2. The number of carbonyl (C=O) groups is 3. The summed E-state index contributed by atoms with van der Waals surface area (Å²) in [6.07, 6.45) is 3.43. The molecule has 3 N–H and O–H groups in total. The van der Waals surface area contributed by atoms with Gasteiger partial charge < -0.3 is 20.5 Å². The van der Waals surface area contributed by atoms with Gasteiger partial charge in [0.25, 0.3) is 0 Å². The van der Waals surface area contributed by atoms with E-state index in [0.717, 1.165) is 41.5 Å². The van der Waals surface area contributed by atoms with E-state index in [9.17, 15) is 19.5 Å². The van der Waals surface area contributed by atoms with E-state index in [1.54, 1.807) is 0 Å². The van der Waals surface area contributed by atoms with Crippen LogP contribution in [-0.4, -0.2) is 41.8 Å². The normalized spacial score (nSPS) is 16.5. The Labute approximate surface area is 192 Å². The number of ether oxygens (including phenoxy) is 1. The van der Waals surface area contributed by atoms with E-state index in [0.29, 0.717) is 0 Å². The van der Waals surface area contributed by atoms with Crippen LogP contribution >= 0.6 is 0 Å². The van der Waals surface area contributed by atoms with Crippen LogP contribution in [0.25, 0.3) is 11.1 Å². The lowest BCUT2D eigenvalue weighted by molar-refractivity contribution is -0.144. The molecule has 1 fully saturated rings. The number of rotatable bonds is 9. The number of aliphatic carboxylic acids is 1. The van der Waals surface area contributed by atoms with Crippen LogP contribution in [-0.2, 0) is 14.3 Å². The molecule has 172 valence electrons. The first-order chi connectivity index (χ1) is 16.0. The number of fused-ring (bicyclic) bond motifs is 3. The van der Waals surface area contributed by atoms with E-state index < -0.39 is 30.1 Å². The van der Waals surface area contributed by atoms with Crippen LogP contribution in [0.3, 0.4) is 0 Å². The zero-order valence-corrected chi connectivity index (χ0v) is 18.3. The lowest BCUT2D eigenvalue weighted by atomic mass is 9.79. The number of nitrogens with one attached hydrogen (secondary N) is 2. The zero-order chi connectivity index (χ0) is 23.4. The second-order valence-electron chi connectivity index (χ2n) is 8.56. The van der Waals surface area contributed by atoms with Crippen LogP contribution in [0.4, 0.5) is 4.79 Å². The van der Waals surface area contributed by atoms with Gasteiger partial charge in [-0.15, -0.1) is 6.58 Å². The molecule has 2 aromatic carbocycles. The molecule has 7 heteroatoms. The molecule has 0 aliphatic heterocycles. The molecule has 1 saturated carbocycles. The second-order valence-corrected chi connectivity index (χ2v) is 8.56. The van der Waals surface area contributed by atoms with E-state index in [4.69, 9.17) is 4.74 Å². The third-order valence-electron chi connectivity index (χ3n) is 6.54. The van der Waals surface area contributed by atoms with Crippen molar-refractivity contribution in [2.24, 2.45) is 5.92 Å². The number of carbonyl (C=O) groups excluding carboxylic acids is 2. The Balaban J connectivity index is 1.39. The molecule has 0 aromatic heterocycles. The smallest absolute Gasteiger partial charge is 0.407 e. The average molecular weight is 449 g/mol. The monoisotopic (exact) mass is 448 g/mol. The third kappa shape index (κ3) is 4.77. The molecule has 2 unspecified atom stereocenters. The van der Waals surface area contributed by atoms with Crippen LogP contribution in [0.5, 0.6) is 0 Å². The lowest BCUT2D eigenvalue weighted by Gasteiger charge is -2.32. The molecular weight excluding hydrogens is 420 g/mol. The summed E-state index contributed by atoms with van der Waals surface area (Å²) < 4.78 is 5.52. The van der Waals surface area contributed by atoms with Crippen LogP contribution in [0.2, 0.25) is 0 Å². The predicted molar refractivity (Wildman–Crippen MR) is 124 cm³/mol. The van der Waals surface area contributed by atoms with Gasteiger partial charge in [-0.1, -0.05) is 61.0 Å². The Morgan fingerprint density at radius 1 is 1.03 bits per heavy atom. The number of carboxylic acids is 1. The third-order valence-corrected chi connectivity index (χ3v) is 6.54. The maximum absolute atomic E-state index is 12.7. The summed E-state index contributed by atoms with van der Waals surface area (Å²) in [5, 5.41) is 14.6. The lowest BCUT2D eigenvalue weighted by Crippen LogP contribution is -2.54. The van der Waals surface area contributed by atoms with Crippen LogP contribution < -0.4 is 10.6 Å². The molecular formula is C26H28N2O5. The van der Waals surface area contributed by atoms with Crippen LogP contribution in [0.1, 0.15) is 42.7 Å². The minimum atomic E-state index is -1.06. The van der Waals surface area contributed by atoms with E-state index >= 15 is 0 Å². The van der Waals surface area contributed by atoms with Gasteiger partial charge in [-0.25, -0.2) is 9.59 Å². The highest BCUT2D eigenvalue weighted by atomic mass is 16.5. The van der Waals surface area contributed by atoms with Gasteiger partial charge in [0.1, 0.15) is 18.7 Å². The zero-order valence-electron chi connectivity index (χ0n) is 18.3. The highest BCUT2D eigenvalue weighted by molar-refractivity contribution is 5.89. The van der Waals surface area contributed by atoms with E-state index in [1.165, 1.54) is 6.08 Å². The van der Waals surface area contributed by atoms with Crippen molar-refractivity contribution in [3.05, 3.63) is 72.3 Å². The van der Waals surface area contributed by atoms with Gasteiger partial charge in [0.15, 0.2) is 0 Å². The predicted octanol–water partition coefficient (Wildman–Crippen LogP) is 3.84. The van der Waals surface area contributed by atoms with Crippen LogP contribution in [0, 0.1) is 5.92 Å². The van der Waals surface area contributed by atoms with Crippen molar-refractivity contribution < 1.29 is 24.2 Å². The Hall–Kier alpha value is -3.61. The average Bonchev–Trinajstić information content (AvgIpc) is 3.09. The van der Waals surface area contributed by atoms with Crippen molar-refractivity contribution in [1.29, 1.82) is 0 Å². The summed E-state index contributed by atoms with van der Waals surface area (Å²) in [4.78, 5) is 36.9. The summed E-state index contributed by atoms with van der Waals surface area (Å²) in [5.41, 5.74) is 4.44. The standard InChI is InChI=1S/C26H28N2O5/c1-2-8-22(24(29)28-23(25(30)31)16-9-7-10-16)27-26(32)33-15-21-19-13-5-3-11-17(19)18-12-4-6-14-20(18)21/h2-6,11-14,16,21-23H,1,7-10,15H2,(H,27,32)(H,28,29)(H,30,31). The molecule has 0 radical (unpaired) electrons. The van der Waals surface area contributed by atoms with Gasteiger partial charge in [-0.3, -0.25) is 4.79 Å². The van der Waals surface area contributed by atoms with Gasteiger partial charge in [0.05, 0.1) is 0 Å². The molecule has 2 amide bonds. The van der Waals surface area contributed by atoms with Gasteiger partial charge in [0.2, 0.25) is 5.91 Å². The first kappa shape index (κ1) is 22.6. The summed E-state index contributed by atoms with van der Waals surface area (Å²) in [6.45, 7) is 3.76. The molecule has 33 heavy (non-hydrogen) atoms. The summed E-state index contributed by atoms with van der Waals surface area (Å²) >= 11 is 0. The SMILES string of the molecule is C=CCC(NC(=O)OCC1c2ccccc2-c2ccccc21)C(=O)NC(C(=O)O)C1CCC1. The molecule has 2 aliphatic rings. The molecule has 0 heterocycles. The largest absolute Gasteiger partial charge is 0.480 e. The molecule has 2 aromatic rings. The fourth-order valence-electron chi connectivity index (χ4n) is 4.59. The number of hydrogen-bond acceptors (Lipinski definition) is 4. The topological polar surface area (TPSA) is 105 Å². The van der Waals surface area contributed by atoms with Gasteiger partial charge in [-0.2, -0.15) is 0 Å². The van der Waals surface area contributed by atoms with Crippen molar-refractivity contribution in [2.75, 3.05) is 6.61 Å². The molecule has 2 aliphatic carbocycles.